The third-order valence-electron chi connectivity index (χ3n) is 3.58. The molecule has 0 bridgehead atoms. The lowest BCUT2D eigenvalue weighted by atomic mass is 9.84. The molecule has 1 aliphatic heterocycles. The Labute approximate surface area is 123 Å². The molecule has 1 heterocycles. The van der Waals surface area contributed by atoms with Crippen LogP contribution in [0.25, 0.3) is 0 Å². The van der Waals surface area contributed by atoms with Crippen molar-refractivity contribution < 1.29 is 17.3 Å². The number of ether oxygens (including phenoxy) is 1. The van der Waals surface area contributed by atoms with E-state index in [4.69, 9.17) is 8.92 Å². The summed E-state index contributed by atoms with van der Waals surface area (Å²) in [6.45, 7) is 0.0195. The van der Waals surface area contributed by atoms with Crippen LogP contribution in [0.1, 0.15) is 11.1 Å². The summed E-state index contributed by atoms with van der Waals surface area (Å²) < 4.78 is 36.2. The average molecular weight is 305 g/mol. The lowest BCUT2D eigenvalue weighted by molar-refractivity contribution is 0.300. The van der Waals surface area contributed by atoms with Crippen molar-refractivity contribution in [2.24, 2.45) is 0 Å². The fourth-order valence-electron chi connectivity index (χ4n) is 2.49. The predicted octanol–water partition coefficient (Wildman–Crippen LogP) is 1.80. The van der Waals surface area contributed by atoms with Gasteiger partial charge < -0.3 is 4.74 Å². The molecule has 2 aromatic carbocycles. The summed E-state index contributed by atoms with van der Waals surface area (Å²) in [5.41, 5.74) is 0.721. The first kappa shape index (κ1) is 14.1. The van der Waals surface area contributed by atoms with Crippen molar-refractivity contribution in [1.29, 1.82) is 0 Å². The SMILES string of the molecule is COc1ccc([C@@]2(c3ccccc3)COS(=O)(=O)N2)cc1. The molecule has 0 amide bonds. The smallest absolute Gasteiger partial charge is 0.337 e. The number of rotatable bonds is 3. The maximum absolute atomic E-state index is 11.8. The Balaban J connectivity index is 2.13. The number of methoxy groups -OCH3 is 1. The van der Waals surface area contributed by atoms with Crippen LogP contribution in [0.2, 0.25) is 0 Å². The molecule has 0 aromatic heterocycles. The van der Waals surface area contributed by atoms with Crippen molar-refractivity contribution in [3.05, 3.63) is 65.7 Å². The van der Waals surface area contributed by atoms with Crippen LogP contribution in [-0.2, 0) is 20.0 Å². The van der Waals surface area contributed by atoms with E-state index in [-0.39, 0.29) is 6.61 Å². The van der Waals surface area contributed by atoms with E-state index in [2.05, 4.69) is 4.72 Å². The summed E-state index contributed by atoms with van der Waals surface area (Å²) in [7, 11) is -2.16. The van der Waals surface area contributed by atoms with E-state index in [9.17, 15) is 8.42 Å². The number of benzene rings is 2. The van der Waals surface area contributed by atoms with E-state index in [1.807, 2.05) is 42.5 Å². The van der Waals surface area contributed by atoms with Crippen LogP contribution in [0, 0.1) is 0 Å². The van der Waals surface area contributed by atoms with E-state index in [1.165, 1.54) is 0 Å². The van der Waals surface area contributed by atoms with Gasteiger partial charge in [-0.15, -0.1) is 0 Å². The molecule has 110 valence electrons. The van der Waals surface area contributed by atoms with E-state index >= 15 is 0 Å². The fourth-order valence-corrected chi connectivity index (χ4v) is 3.60. The topological polar surface area (TPSA) is 64.6 Å². The Morgan fingerprint density at radius 1 is 1.05 bits per heavy atom. The summed E-state index contributed by atoms with van der Waals surface area (Å²) in [4.78, 5) is 0. The molecule has 0 unspecified atom stereocenters. The molecule has 21 heavy (non-hydrogen) atoms. The van der Waals surface area contributed by atoms with Gasteiger partial charge in [0.05, 0.1) is 13.7 Å². The molecule has 3 rings (SSSR count). The molecule has 1 aliphatic rings. The minimum Gasteiger partial charge on any atom is -0.497 e. The molecule has 0 saturated carbocycles. The summed E-state index contributed by atoms with van der Waals surface area (Å²) >= 11 is 0. The number of nitrogens with one attached hydrogen (secondary N) is 1. The molecule has 1 fully saturated rings. The zero-order valence-corrected chi connectivity index (χ0v) is 12.3. The van der Waals surface area contributed by atoms with Crippen LogP contribution >= 0.6 is 0 Å². The quantitative estimate of drug-likeness (QED) is 0.939. The van der Waals surface area contributed by atoms with Crippen molar-refractivity contribution in [3.8, 4) is 5.75 Å². The van der Waals surface area contributed by atoms with Crippen molar-refractivity contribution in [2.75, 3.05) is 13.7 Å². The second-order valence-electron chi connectivity index (χ2n) is 4.82. The predicted molar refractivity (Wildman–Crippen MR) is 78.2 cm³/mol. The second-order valence-corrected chi connectivity index (χ2v) is 6.17. The number of hydrogen-bond acceptors (Lipinski definition) is 4. The van der Waals surface area contributed by atoms with Crippen LogP contribution in [0.3, 0.4) is 0 Å². The Morgan fingerprint density at radius 2 is 1.67 bits per heavy atom. The highest BCUT2D eigenvalue weighted by atomic mass is 32.2. The molecule has 6 heteroatoms. The third-order valence-corrected chi connectivity index (χ3v) is 4.61. The van der Waals surface area contributed by atoms with E-state index in [0.717, 1.165) is 11.1 Å². The minimum absolute atomic E-state index is 0.0195. The van der Waals surface area contributed by atoms with Gasteiger partial charge in [-0.25, -0.2) is 0 Å². The highest BCUT2D eigenvalue weighted by molar-refractivity contribution is 7.85. The van der Waals surface area contributed by atoms with Gasteiger partial charge in [0.15, 0.2) is 0 Å². The first-order valence-electron chi connectivity index (χ1n) is 6.44. The first-order chi connectivity index (χ1) is 10.1. The molecule has 0 spiro atoms. The van der Waals surface area contributed by atoms with Gasteiger partial charge in [-0.1, -0.05) is 42.5 Å². The second kappa shape index (κ2) is 5.14. The van der Waals surface area contributed by atoms with Crippen LogP contribution in [0.5, 0.6) is 5.75 Å². The van der Waals surface area contributed by atoms with Crippen LogP contribution < -0.4 is 9.46 Å². The highest BCUT2D eigenvalue weighted by Crippen LogP contribution is 2.35. The molecule has 1 atom stereocenters. The van der Waals surface area contributed by atoms with Gasteiger partial charge in [0.2, 0.25) is 0 Å². The molecule has 1 N–H and O–H groups in total. The molecular formula is C15H15NO4S. The van der Waals surface area contributed by atoms with Crippen molar-refractivity contribution in [2.45, 2.75) is 5.54 Å². The Hall–Kier alpha value is -1.89. The van der Waals surface area contributed by atoms with Crippen molar-refractivity contribution in [3.63, 3.8) is 0 Å². The van der Waals surface area contributed by atoms with Gasteiger partial charge in [-0.2, -0.15) is 13.1 Å². The van der Waals surface area contributed by atoms with Gasteiger partial charge in [0, 0.05) is 0 Å². The Bertz CT molecular complexity index is 728. The molecule has 2 aromatic rings. The van der Waals surface area contributed by atoms with Gasteiger partial charge in [0.1, 0.15) is 11.3 Å². The summed E-state index contributed by atoms with van der Waals surface area (Å²) in [6, 6.07) is 16.6. The van der Waals surface area contributed by atoms with Crippen LogP contribution in [-0.4, -0.2) is 22.1 Å². The minimum atomic E-state index is -3.75. The largest absolute Gasteiger partial charge is 0.497 e. The molecule has 0 aliphatic carbocycles. The van der Waals surface area contributed by atoms with E-state index in [0.29, 0.717) is 5.75 Å². The van der Waals surface area contributed by atoms with Crippen molar-refractivity contribution in [1.82, 2.24) is 4.72 Å². The lowest BCUT2D eigenvalue weighted by Crippen LogP contribution is -2.41. The Morgan fingerprint density at radius 3 is 2.19 bits per heavy atom. The molecular weight excluding hydrogens is 290 g/mol. The van der Waals surface area contributed by atoms with E-state index in [1.54, 1.807) is 19.2 Å². The van der Waals surface area contributed by atoms with E-state index < -0.39 is 15.8 Å². The van der Waals surface area contributed by atoms with Crippen LogP contribution in [0.4, 0.5) is 0 Å². The first-order valence-corrected chi connectivity index (χ1v) is 7.85. The zero-order chi connectivity index (χ0) is 14.9. The Kier molecular flexibility index (Phi) is 3.44. The maximum atomic E-state index is 11.8. The van der Waals surface area contributed by atoms with Gasteiger partial charge in [0.25, 0.3) is 0 Å². The summed E-state index contributed by atoms with van der Waals surface area (Å²) in [5, 5.41) is 0. The average Bonchev–Trinajstić information content (AvgIpc) is 2.85. The van der Waals surface area contributed by atoms with Crippen LogP contribution in [0.15, 0.2) is 54.6 Å². The molecule has 1 saturated heterocycles. The standard InChI is InChI=1S/C15H15NO4S/c1-19-14-9-7-13(8-10-14)15(11-20-21(17,18)16-15)12-5-3-2-4-6-12/h2-10,16H,11H2,1H3/t15-/m0/s1. The zero-order valence-electron chi connectivity index (χ0n) is 11.4. The third kappa shape index (κ3) is 2.53. The molecule has 0 radical (unpaired) electrons. The number of hydrogen-bond donors (Lipinski definition) is 1. The fraction of sp³-hybridized carbons (Fsp3) is 0.200. The summed E-state index contributed by atoms with van der Waals surface area (Å²) in [6.07, 6.45) is 0. The van der Waals surface area contributed by atoms with Gasteiger partial charge in [-0.05, 0) is 23.3 Å². The highest BCUT2D eigenvalue weighted by Gasteiger charge is 2.45. The monoisotopic (exact) mass is 305 g/mol. The maximum Gasteiger partial charge on any atom is 0.337 e. The lowest BCUT2D eigenvalue weighted by Gasteiger charge is -2.27. The van der Waals surface area contributed by atoms with Crippen molar-refractivity contribution >= 4 is 10.3 Å². The van der Waals surface area contributed by atoms with Gasteiger partial charge >= 0.3 is 10.3 Å². The van der Waals surface area contributed by atoms with Gasteiger partial charge in [-0.3, -0.25) is 4.18 Å². The normalized spacial score (nSPS) is 23.9. The molecule has 5 nitrogen and oxygen atoms in total. The summed E-state index contributed by atoms with van der Waals surface area (Å²) in [5.74, 6) is 0.712.